The van der Waals surface area contributed by atoms with Crippen LogP contribution in [0.3, 0.4) is 0 Å². The van der Waals surface area contributed by atoms with E-state index in [0.717, 1.165) is 27.9 Å². The van der Waals surface area contributed by atoms with Gasteiger partial charge in [0.2, 0.25) is 0 Å². The SMILES string of the molecule is CNC(CCc1cnn(C)c1)c1ccc(Br)cc1Cl. The number of nitrogens with one attached hydrogen (secondary N) is 1. The fraction of sp³-hybridized carbons (Fsp3) is 0.357. The van der Waals surface area contributed by atoms with E-state index >= 15 is 0 Å². The molecule has 102 valence electrons. The first-order chi connectivity index (χ1) is 9.10. The average Bonchev–Trinajstić information content (AvgIpc) is 2.78. The van der Waals surface area contributed by atoms with E-state index in [1.807, 2.05) is 37.1 Å². The lowest BCUT2D eigenvalue weighted by molar-refractivity contribution is 0.549. The first kappa shape index (κ1) is 14.6. The highest BCUT2D eigenvalue weighted by atomic mass is 79.9. The molecule has 0 bridgehead atoms. The van der Waals surface area contributed by atoms with Crippen LogP contribution < -0.4 is 5.32 Å². The van der Waals surface area contributed by atoms with Crippen LogP contribution in [0.25, 0.3) is 0 Å². The third kappa shape index (κ3) is 3.81. The number of halogens is 2. The van der Waals surface area contributed by atoms with Crippen LogP contribution in [0.1, 0.15) is 23.6 Å². The molecular formula is C14H17BrClN3. The van der Waals surface area contributed by atoms with E-state index in [1.165, 1.54) is 5.56 Å². The summed E-state index contributed by atoms with van der Waals surface area (Å²) in [6.45, 7) is 0. The van der Waals surface area contributed by atoms with Gasteiger partial charge in [-0.2, -0.15) is 5.10 Å². The third-order valence-electron chi connectivity index (χ3n) is 3.17. The monoisotopic (exact) mass is 341 g/mol. The van der Waals surface area contributed by atoms with Crippen molar-refractivity contribution in [2.45, 2.75) is 18.9 Å². The normalized spacial score (nSPS) is 12.6. The lowest BCUT2D eigenvalue weighted by Gasteiger charge is -2.17. The maximum atomic E-state index is 6.30. The second-order valence-corrected chi connectivity index (χ2v) is 5.89. The summed E-state index contributed by atoms with van der Waals surface area (Å²) >= 11 is 9.73. The summed E-state index contributed by atoms with van der Waals surface area (Å²) in [6.07, 6.45) is 5.93. The van der Waals surface area contributed by atoms with Crippen LogP contribution in [0.5, 0.6) is 0 Å². The van der Waals surface area contributed by atoms with Gasteiger partial charge in [-0.3, -0.25) is 4.68 Å². The molecule has 1 N–H and O–H groups in total. The van der Waals surface area contributed by atoms with Gasteiger partial charge in [-0.15, -0.1) is 0 Å². The minimum atomic E-state index is 0.251. The molecule has 1 aromatic carbocycles. The zero-order valence-electron chi connectivity index (χ0n) is 11.0. The van der Waals surface area contributed by atoms with Gasteiger partial charge >= 0.3 is 0 Å². The molecule has 1 unspecified atom stereocenters. The molecule has 0 saturated heterocycles. The molecule has 0 aliphatic rings. The molecule has 0 amide bonds. The Morgan fingerprint density at radius 3 is 2.84 bits per heavy atom. The molecule has 0 spiro atoms. The summed E-state index contributed by atoms with van der Waals surface area (Å²) < 4.78 is 2.83. The summed E-state index contributed by atoms with van der Waals surface area (Å²) in [6, 6.07) is 6.28. The van der Waals surface area contributed by atoms with Crippen LogP contribution in [0, 0.1) is 0 Å². The summed E-state index contributed by atoms with van der Waals surface area (Å²) in [7, 11) is 3.90. The smallest absolute Gasteiger partial charge is 0.0521 e. The Morgan fingerprint density at radius 1 is 1.47 bits per heavy atom. The summed E-state index contributed by atoms with van der Waals surface area (Å²) in [5.74, 6) is 0. The Balaban J connectivity index is 2.07. The Hall–Kier alpha value is -0.840. The van der Waals surface area contributed by atoms with Crippen molar-refractivity contribution in [1.29, 1.82) is 0 Å². The van der Waals surface area contributed by atoms with Crippen LogP contribution in [0.2, 0.25) is 5.02 Å². The van der Waals surface area contributed by atoms with Gasteiger partial charge in [0.25, 0.3) is 0 Å². The first-order valence-electron chi connectivity index (χ1n) is 6.20. The summed E-state index contributed by atoms with van der Waals surface area (Å²) in [5.41, 5.74) is 2.38. The molecule has 0 fully saturated rings. The Morgan fingerprint density at radius 2 is 2.26 bits per heavy atom. The van der Waals surface area contributed by atoms with E-state index in [9.17, 15) is 0 Å². The second kappa shape index (κ2) is 6.55. The molecule has 19 heavy (non-hydrogen) atoms. The van der Waals surface area contributed by atoms with Crippen LogP contribution >= 0.6 is 27.5 Å². The van der Waals surface area contributed by atoms with E-state index < -0.39 is 0 Å². The molecule has 5 heteroatoms. The molecule has 1 atom stereocenters. The topological polar surface area (TPSA) is 29.9 Å². The molecule has 1 aromatic heterocycles. The molecule has 3 nitrogen and oxygen atoms in total. The Kier molecular flexibility index (Phi) is 5.02. The van der Waals surface area contributed by atoms with Gasteiger partial charge in [0.05, 0.1) is 6.20 Å². The molecule has 1 heterocycles. The van der Waals surface area contributed by atoms with Crippen molar-refractivity contribution < 1.29 is 0 Å². The van der Waals surface area contributed by atoms with Gasteiger partial charge in [0, 0.05) is 28.8 Å². The fourth-order valence-electron chi connectivity index (χ4n) is 2.15. The highest BCUT2D eigenvalue weighted by Gasteiger charge is 2.13. The van der Waals surface area contributed by atoms with Crippen molar-refractivity contribution in [2.75, 3.05) is 7.05 Å². The van der Waals surface area contributed by atoms with Crippen molar-refractivity contribution >= 4 is 27.5 Å². The molecule has 0 radical (unpaired) electrons. The quantitative estimate of drug-likeness (QED) is 0.897. The average molecular weight is 343 g/mol. The zero-order valence-corrected chi connectivity index (χ0v) is 13.4. The van der Waals surface area contributed by atoms with Gasteiger partial charge in [0.15, 0.2) is 0 Å². The highest BCUT2D eigenvalue weighted by molar-refractivity contribution is 9.10. The number of aromatic nitrogens is 2. The van der Waals surface area contributed by atoms with Crippen LogP contribution in [0.15, 0.2) is 35.1 Å². The van der Waals surface area contributed by atoms with Crippen LogP contribution in [-0.4, -0.2) is 16.8 Å². The highest BCUT2D eigenvalue weighted by Crippen LogP contribution is 2.28. The minimum absolute atomic E-state index is 0.251. The van der Waals surface area contributed by atoms with Crippen molar-refractivity contribution in [3.63, 3.8) is 0 Å². The van der Waals surface area contributed by atoms with Crippen molar-refractivity contribution in [3.8, 4) is 0 Å². The van der Waals surface area contributed by atoms with Crippen molar-refractivity contribution in [1.82, 2.24) is 15.1 Å². The van der Waals surface area contributed by atoms with E-state index in [2.05, 4.69) is 38.6 Å². The number of benzene rings is 1. The van der Waals surface area contributed by atoms with Gasteiger partial charge in [0.1, 0.15) is 0 Å². The minimum Gasteiger partial charge on any atom is -0.313 e. The number of rotatable bonds is 5. The number of nitrogens with zero attached hydrogens (tertiary/aromatic N) is 2. The number of aryl methyl sites for hydroxylation is 2. The van der Waals surface area contributed by atoms with E-state index in [-0.39, 0.29) is 6.04 Å². The number of hydrogen-bond donors (Lipinski definition) is 1. The van der Waals surface area contributed by atoms with Gasteiger partial charge in [-0.1, -0.05) is 33.6 Å². The lowest BCUT2D eigenvalue weighted by atomic mass is 10.0. The largest absolute Gasteiger partial charge is 0.313 e. The van der Waals surface area contributed by atoms with E-state index in [0.29, 0.717) is 0 Å². The fourth-order valence-corrected chi connectivity index (χ4v) is 2.96. The molecule has 0 saturated carbocycles. The third-order valence-corrected chi connectivity index (χ3v) is 3.99. The van der Waals surface area contributed by atoms with Gasteiger partial charge in [-0.25, -0.2) is 0 Å². The summed E-state index contributed by atoms with van der Waals surface area (Å²) in [5, 5.41) is 8.31. The molecule has 2 rings (SSSR count). The first-order valence-corrected chi connectivity index (χ1v) is 7.37. The zero-order chi connectivity index (χ0) is 13.8. The lowest BCUT2D eigenvalue weighted by Crippen LogP contribution is -2.17. The molecular weight excluding hydrogens is 326 g/mol. The predicted molar refractivity (Wildman–Crippen MR) is 82.5 cm³/mol. The standard InChI is InChI=1S/C14H17BrClN3/c1-17-14(6-3-10-8-18-19(2)9-10)12-5-4-11(15)7-13(12)16/h4-5,7-9,14,17H,3,6H2,1-2H3. The maximum Gasteiger partial charge on any atom is 0.0521 e. The molecule has 0 aliphatic carbocycles. The Bertz CT molecular complexity index is 553. The summed E-state index contributed by atoms with van der Waals surface area (Å²) in [4.78, 5) is 0. The number of hydrogen-bond acceptors (Lipinski definition) is 2. The molecule has 2 aromatic rings. The van der Waals surface area contributed by atoms with Gasteiger partial charge in [-0.05, 0) is 43.1 Å². The van der Waals surface area contributed by atoms with E-state index in [4.69, 9.17) is 11.6 Å². The Labute approximate surface area is 127 Å². The second-order valence-electron chi connectivity index (χ2n) is 4.57. The van der Waals surface area contributed by atoms with Crippen LogP contribution in [-0.2, 0) is 13.5 Å². The van der Waals surface area contributed by atoms with Crippen LogP contribution in [0.4, 0.5) is 0 Å². The maximum absolute atomic E-state index is 6.30. The van der Waals surface area contributed by atoms with Crippen molar-refractivity contribution in [2.24, 2.45) is 7.05 Å². The molecule has 0 aliphatic heterocycles. The predicted octanol–water partition coefficient (Wildman–Crippen LogP) is 3.73. The van der Waals surface area contributed by atoms with E-state index in [1.54, 1.807) is 0 Å². The van der Waals surface area contributed by atoms with Gasteiger partial charge < -0.3 is 5.32 Å². The van der Waals surface area contributed by atoms with Crippen molar-refractivity contribution in [3.05, 3.63) is 51.2 Å².